The molecule has 0 heterocycles. The molecule has 0 aliphatic rings. The zero-order chi connectivity index (χ0) is 14.1. The summed E-state index contributed by atoms with van der Waals surface area (Å²) >= 11 is 0. The van der Waals surface area contributed by atoms with Crippen LogP contribution in [0.1, 0.15) is 13.3 Å². The van der Waals surface area contributed by atoms with Gasteiger partial charge in [-0.05, 0) is 6.92 Å². The summed E-state index contributed by atoms with van der Waals surface area (Å²) in [5.74, 6) is -1.83. The van der Waals surface area contributed by atoms with E-state index in [2.05, 4.69) is 10.1 Å². The van der Waals surface area contributed by atoms with E-state index in [1.807, 2.05) is 0 Å². The number of aliphatic hydroxyl groups excluding tert-OH is 1. The van der Waals surface area contributed by atoms with Crippen molar-refractivity contribution < 1.29 is 29.3 Å². The van der Waals surface area contributed by atoms with Gasteiger partial charge in [-0.3, -0.25) is 4.79 Å². The molecule has 0 fully saturated rings. The molecule has 1 atom stereocenters. The number of carboxylic acid groups (broad SMARTS) is 1. The highest BCUT2D eigenvalue weighted by atomic mass is 16.5. The van der Waals surface area contributed by atoms with Crippen LogP contribution in [0, 0.1) is 0 Å². The van der Waals surface area contributed by atoms with Crippen LogP contribution in [0.15, 0.2) is 0 Å². The molecular weight excluding hydrogens is 244 g/mol. The van der Waals surface area contributed by atoms with E-state index in [0.717, 1.165) is 0 Å². The number of esters is 1. The summed E-state index contributed by atoms with van der Waals surface area (Å²) in [4.78, 5) is 33.9. The summed E-state index contributed by atoms with van der Waals surface area (Å²) in [5, 5.41) is 19.6. The molecule has 0 rings (SSSR count). The number of ether oxygens (including phenoxy) is 1. The Morgan fingerprint density at radius 1 is 1.39 bits per heavy atom. The van der Waals surface area contributed by atoms with Crippen molar-refractivity contribution in [1.82, 2.24) is 10.2 Å². The predicted octanol–water partition coefficient (Wildman–Crippen LogP) is -0.973. The second kappa shape index (κ2) is 8.29. The van der Waals surface area contributed by atoms with Crippen LogP contribution in [0.4, 0.5) is 4.79 Å². The fraction of sp³-hybridized carbons (Fsp3) is 0.700. The Balaban J connectivity index is 3.89. The Hall–Kier alpha value is -1.83. The number of nitrogens with zero attached hydrogens (tertiary/aromatic N) is 1. The third kappa shape index (κ3) is 6.69. The van der Waals surface area contributed by atoms with Gasteiger partial charge in [-0.25, -0.2) is 9.59 Å². The van der Waals surface area contributed by atoms with E-state index >= 15 is 0 Å². The highest BCUT2D eigenvalue weighted by molar-refractivity contribution is 5.77. The number of hydrogen-bond donors (Lipinski definition) is 3. The molecule has 0 aliphatic heterocycles. The van der Waals surface area contributed by atoms with Crippen molar-refractivity contribution in [2.45, 2.75) is 19.4 Å². The van der Waals surface area contributed by atoms with Crippen LogP contribution < -0.4 is 5.32 Å². The van der Waals surface area contributed by atoms with Gasteiger partial charge in [-0.15, -0.1) is 0 Å². The molecule has 3 N–H and O–H groups in total. The van der Waals surface area contributed by atoms with Crippen LogP contribution >= 0.6 is 0 Å². The van der Waals surface area contributed by atoms with E-state index in [4.69, 9.17) is 10.2 Å². The number of urea groups is 1. The average molecular weight is 262 g/mol. The first-order chi connectivity index (χ1) is 8.38. The monoisotopic (exact) mass is 262 g/mol. The molecule has 0 spiro atoms. The first-order valence-corrected chi connectivity index (χ1v) is 5.44. The first-order valence-electron chi connectivity index (χ1n) is 5.44. The number of aliphatic hydroxyl groups is 1. The summed E-state index contributed by atoms with van der Waals surface area (Å²) in [5.41, 5.74) is 0. The Bertz CT molecular complexity index is 307. The maximum atomic E-state index is 11.4. The molecule has 0 aromatic carbocycles. The summed E-state index contributed by atoms with van der Waals surface area (Å²) in [6.45, 7) is 1.72. The van der Waals surface area contributed by atoms with Crippen LogP contribution in [0.5, 0.6) is 0 Å². The Kier molecular flexibility index (Phi) is 7.45. The highest BCUT2D eigenvalue weighted by Gasteiger charge is 2.16. The minimum atomic E-state index is -1.65. The zero-order valence-electron chi connectivity index (χ0n) is 10.4. The quantitative estimate of drug-likeness (QED) is 0.508. The van der Waals surface area contributed by atoms with Crippen LogP contribution in [0.2, 0.25) is 0 Å². The molecule has 0 aliphatic carbocycles. The van der Waals surface area contributed by atoms with Gasteiger partial charge in [0.05, 0.1) is 19.6 Å². The number of nitrogens with one attached hydrogen (secondary N) is 1. The second-order valence-electron chi connectivity index (χ2n) is 3.52. The average Bonchev–Trinajstić information content (AvgIpc) is 2.32. The van der Waals surface area contributed by atoms with Crippen LogP contribution in [-0.4, -0.2) is 65.9 Å². The largest absolute Gasteiger partial charge is 0.479 e. The maximum absolute atomic E-state index is 11.4. The van der Waals surface area contributed by atoms with Crippen molar-refractivity contribution in [3.63, 3.8) is 0 Å². The van der Waals surface area contributed by atoms with E-state index in [1.165, 1.54) is 11.9 Å². The third-order valence-electron chi connectivity index (χ3n) is 2.04. The number of hydrogen-bond acceptors (Lipinski definition) is 5. The van der Waals surface area contributed by atoms with Gasteiger partial charge in [0.2, 0.25) is 0 Å². The standard InChI is InChI=1S/C10H18N2O6/c1-3-18-8(14)4-5-12(2)10(17)11-6-7(13)9(15)16/h7,13H,3-6H2,1-2H3,(H,11,17)(H,15,16)/t7-/m0/s1. The first kappa shape index (κ1) is 16.2. The predicted molar refractivity (Wildman–Crippen MR) is 60.9 cm³/mol. The van der Waals surface area contributed by atoms with Gasteiger partial charge >= 0.3 is 18.0 Å². The van der Waals surface area contributed by atoms with Crippen molar-refractivity contribution in [2.75, 3.05) is 26.7 Å². The molecule has 0 unspecified atom stereocenters. The van der Waals surface area contributed by atoms with Crippen molar-refractivity contribution in [1.29, 1.82) is 0 Å². The van der Waals surface area contributed by atoms with Crippen molar-refractivity contribution in [3.8, 4) is 0 Å². The Morgan fingerprint density at radius 2 is 2.00 bits per heavy atom. The zero-order valence-corrected chi connectivity index (χ0v) is 10.4. The molecule has 0 aromatic heterocycles. The molecule has 0 radical (unpaired) electrons. The molecule has 8 heteroatoms. The molecular formula is C10H18N2O6. The van der Waals surface area contributed by atoms with Crippen molar-refractivity contribution in [3.05, 3.63) is 0 Å². The lowest BCUT2D eigenvalue weighted by molar-refractivity contribution is -0.146. The van der Waals surface area contributed by atoms with E-state index in [1.54, 1.807) is 6.92 Å². The maximum Gasteiger partial charge on any atom is 0.334 e. The van der Waals surface area contributed by atoms with E-state index in [9.17, 15) is 14.4 Å². The number of aliphatic carboxylic acids is 1. The van der Waals surface area contributed by atoms with Gasteiger partial charge in [0.1, 0.15) is 0 Å². The lowest BCUT2D eigenvalue weighted by atomic mass is 10.3. The third-order valence-corrected chi connectivity index (χ3v) is 2.04. The minimum Gasteiger partial charge on any atom is -0.479 e. The summed E-state index contributed by atoms with van der Waals surface area (Å²) in [6, 6.07) is -0.570. The lowest BCUT2D eigenvalue weighted by Crippen LogP contribution is -2.43. The minimum absolute atomic E-state index is 0.0548. The van der Waals surface area contributed by atoms with Crippen molar-refractivity contribution >= 4 is 18.0 Å². The summed E-state index contributed by atoms with van der Waals surface area (Å²) in [6.07, 6.45) is -1.59. The Labute approximate surface area is 105 Å². The van der Waals surface area contributed by atoms with Crippen molar-refractivity contribution in [2.24, 2.45) is 0 Å². The lowest BCUT2D eigenvalue weighted by Gasteiger charge is -2.18. The number of carboxylic acids is 1. The van der Waals surface area contributed by atoms with E-state index in [0.29, 0.717) is 0 Å². The van der Waals surface area contributed by atoms with Gasteiger partial charge in [-0.1, -0.05) is 0 Å². The molecule has 0 saturated carbocycles. The molecule has 2 amide bonds. The van der Waals surface area contributed by atoms with Gasteiger partial charge < -0.3 is 25.2 Å². The molecule has 0 saturated heterocycles. The molecule has 0 aromatic rings. The number of carbonyl (C=O) groups is 3. The highest BCUT2D eigenvalue weighted by Crippen LogP contribution is 1.92. The van der Waals surface area contributed by atoms with Crippen LogP contribution in [-0.2, 0) is 14.3 Å². The number of amides is 2. The van der Waals surface area contributed by atoms with E-state index in [-0.39, 0.29) is 19.6 Å². The molecule has 18 heavy (non-hydrogen) atoms. The van der Waals surface area contributed by atoms with Crippen LogP contribution in [0.25, 0.3) is 0 Å². The second-order valence-corrected chi connectivity index (χ2v) is 3.52. The topological polar surface area (TPSA) is 116 Å². The number of rotatable bonds is 7. The molecule has 8 nitrogen and oxygen atoms in total. The summed E-state index contributed by atoms with van der Waals surface area (Å²) < 4.78 is 4.69. The van der Waals surface area contributed by atoms with Crippen LogP contribution in [0.3, 0.4) is 0 Å². The van der Waals surface area contributed by atoms with Gasteiger partial charge in [0.15, 0.2) is 6.10 Å². The van der Waals surface area contributed by atoms with Gasteiger partial charge in [0.25, 0.3) is 0 Å². The fourth-order valence-electron chi connectivity index (χ4n) is 1.000. The van der Waals surface area contributed by atoms with Gasteiger partial charge in [-0.2, -0.15) is 0 Å². The van der Waals surface area contributed by atoms with Gasteiger partial charge in [0, 0.05) is 13.6 Å². The normalized spacial score (nSPS) is 11.5. The fourth-order valence-corrected chi connectivity index (χ4v) is 1.000. The SMILES string of the molecule is CCOC(=O)CCN(C)C(=O)NC[C@H](O)C(=O)O. The summed E-state index contributed by atoms with van der Waals surface area (Å²) in [7, 11) is 1.45. The smallest absolute Gasteiger partial charge is 0.334 e. The molecule has 104 valence electrons. The molecule has 0 bridgehead atoms. The number of carbonyl (C=O) groups excluding carboxylic acids is 2. The van der Waals surface area contributed by atoms with E-state index < -0.39 is 30.6 Å². The Morgan fingerprint density at radius 3 is 2.50 bits per heavy atom.